The fraction of sp³-hybridized carbons (Fsp3) is 0.500. The average molecular weight is 352 g/mol. The Hall–Kier alpha value is -1.91. The molecule has 3 heterocycles. The van der Waals surface area contributed by atoms with Crippen molar-refractivity contribution in [2.24, 2.45) is 5.92 Å². The van der Waals surface area contributed by atoms with Crippen molar-refractivity contribution in [3.8, 4) is 0 Å². The van der Waals surface area contributed by atoms with Crippen LogP contribution in [0.4, 0.5) is 0 Å². The maximum absolute atomic E-state index is 11.7. The van der Waals surface area contributed by atoms with Crippen molar-refractivity contribution in [2.45, 2.75) is 45.4 Å². The van der Waals surface area contributed by atoms with E-state index in [1.807, 2.05) is 13.0 Å². The molecule has 0 saturated carbocycles. The van der Waals surface area contributed by atoms with Gasteiger partial charge in [-0.25, -0.2) is 0 Å². The molecule has 4 nitrogen and oxygen atoms in total. The highest BCUT2D eigenvalue weighted by Crippen LogP contribution is 2.46. The minimum Gasteiger partial charge on any atom is -0.358 e. The summed E-state index contributed by atoms with van der Waals surface area (Å²) in [5.41, 5.74) is 5.06. The molecule has 0 unspecified atom stereocenters. The number of hydrogen-bond donors (Lipinski definition) is 0. The minimum absolute atomic E-state index is 0.0231. The van der Waals surface area contributed by atoms with E-state index in [2.05, 4.69) is 47.7 Å². The maximum atomic E-state index is 11.7. The van der Waals surface area contributed by atoms with Gasteiger partial charge in [0, 0.05) is 24.2 Å². The first-order chi connectivity index (χ1) is 12.7. The first kappa shape index (κ1) is 17.5. The molecule has 0 saturated heterocycles. The molecule has 138 valence electrons. The topological polar surface area (TPSA) is 34.5 Å². The molecule has 4 heteroatoms. The quantitative estimate of drug-likeness (QED) is 0.609. The van der Waals surface area contributed by atoms with E-state index in [9.17, 15) is 4.79 Å². The summed E-state index contributed by atoms with van der Waals surface area (Å²) in [5, 5.41) is 1.37. The summed E-state index contributed by atoms with van der Waals surface area (Å²) < 4.78 is 8.67. The molecule has 4 rings (SSSR count). The van der Waals surface area contributed by atoms with Crippen LogP contribution in [0.1, 0.15) is 50.2 Å². The van der Waals surface area contributed by atoms with E-state index in [0.717, 1.165) is 37.7 Å². The van der Waals surface area contributed by atoms with Gasteiger partial charge in [0.1, 0.15) is 12.5 Å². The van der Waals surface area contributed by atoms with Gasteiger partial charge in [-0.1, -0.05) is 24.3 Å². The molecule has 1 aromatic heterocycles. The highest BCUT2D eigenvalue weighted by Gasteiger charge is 2.39. The number of hydrogen-bond acceptors (Lipinski definition) is 3. The zero-order valence-electron chi connectivity index (χ0n) is 15.9. The summed E-state index contributed by atoms with van der Waals surface area (Å²) in [5.74, 6) is 0.228. The van der Waals surface area contributed by atoms with Crippen molar-refractivity contribution in [1.29, 1.82) is 0 Å². The van der Waals surface area contributed by atoms with Gasteiger partial charge in [-0.15, -0.1) is 0 Å². The number of fused-ring (bicyclic) bond motifs is 3. The van der Waals surface area contributed by atoms with Crippen LogP contribution in [-0.2, 0) is 16.0 Å². The first-order valence-corrected chi connectivity index (χ1v) is 9.74. The van der Waals surface area contributed by atoms with Crippen LogP contribution in [0.25, 0.3) is 10.9 Å². The van der Waals surface area contributed by atoms with Crippen LogP contribution in [-0.4, -0.2) is 36.0 Å². The van der Waals surface area contributed by atoms with Crippen molar-refractivity contribution in [1.82, 2.24) is 9.47 Å². The minimum atomic E-state index is -0.0231. The Balaban J connectivity index is 1.94. The molecule has 3 atom stereocenters. The lowest BCUT2D eigenvalue weighted by atomic mass is 9.86. The Morgan fingerprint density at radius 3 is 2.85 bits per heavy atom. The smallest absolute Gasteiger partial charge is 0.145 e. The third-order valence-electron chi connectivity index (χ3n) is 6.20. The van der Waals surface area contributed by atoms with Gasteiger partial charge in [0.15, 0.2) is 0 Å². The van der Waals surface area contributed by atoms with E-state index in [1.165, 1.54) is 22.2 Å². The third-order valence-corrected chi connectivity index (χ3v) is 6.20. The number of carbonyl (C=O) groups is 1. The van der Waals surface area contributed by atoms with Crippen LogP contribution in [0.2, 0.25) is 0 Å². The van der Waals surface area contributed by atoms with E-state index in [-0.39, 0.29) is 12.1 Å². The number of likely N-dealkylation sites (N-methyl/N-ethyl adjacent to an activating group) is 1. The molecule has 0 N–H and O–H groups in total. The van der Waals surface area contributed by atoms with Crippen molar-refractivity contribution >= 4 is 17.2 Å². The van der Waals surface area contributed by atoms with Gasteiger partial charge >= 0.3 is 0 Å². The van der Waals surface area contributed by atoms with Gasteiger partial charge in [0.25, 0.3) is 0 Å². The van der Waals surface area contributed by atoms with Gasteiger partial charge < -0.3 is 9.30 Å². The SMILES string of the molecule is CC=C(C=O)[C@H]1C[C@H](OCC)n2c3c(c4ccccc42)CCN(C)[C@H]3C1. The highest BCUT2D eigenvalue weighted by atomic mass is 16.5. The average Bonchev–Trinajstić information content (AvgIpc) is 2.88. The molecule has 26 heavy (non-hydrogen) atoms. The number of para-hydroxylation sites is 1. The van der Waals surface area contributed by atoms with Crippen molar-refractivity contribution in [2.75, 3.05) is 20.2 Å². The number of aldehydes is 1. The van der Waals surface area contributed by atoms with Crippen LogP contribution < -0.4 is 0 Å². The van der Waals surface area contributed by atoms with E-state index in [0.29, 0.717) is 12.6 Å². The lowest BCUT2D eigenvalue weighted by molar-refractivity contribution is -0.105. The lowest BCUT2D eigenvalue weighted by Gasteiger charge is -2.34. The molecular weight excluding hydrogens is 324 g/mol. The van der Waals surface area contributed by atoms with Crippen LogP contribution in [0, 0.1) is 5.92 Å². The van der Waals surface area contributed by atoms with Gasteiger partial charge in [0.05, 0.1) is 11.6 Å². The molecule has 0 fully saturated rings. The molecule has 2 aliphatic heterocycles. The molecule has 1 aromatic carbocycles. The molecule has 2 aliphatic rings. The summed E-state index contributed by atoms with van der Waals surface area (Å²) in [6.45, 7) is 5.75. The standard InChI is InChI=1S/C22H28N2O2/c1-4-15(14-25)16-12-20-22-18(10-11-23(20)3)17-8-6-7-9-19(17)24(22)21(13-16)26-5-2/h4,6-9,14,16,20-21H,5,10-13H2,1-3H3/t16-,20+,21+/m1/s1. The summed E-state index contributed by atoms with van der Waals surface area (Å²) in [4.78, 5) is 14.1. The number of carbonyl (C=O) groups excluding carboxylic acids is 1. The van der Waals surface area contributed by atoms with Gasteiger partial charge in [0.2, 0.25) is 0 Å². The van der Waals surface area contributed by atoms with Crippen molar-refractivity contribution in [3.63, 3.8) is 0 Å². The Morgan fingerprint density at radius 1 is 1.31 bits per heavy atom. The fourth-order valence-corrected chi connectivity index (χ4v) is 4.95. The fourth-order valence-electron chi connectivity index (χ4n) is 4.95. The first-order valence-electron chi connectivity index (χ1n) is 9.74. The number of rotatable bonds is 4. The van der Waals surface area contributed by atoms with Crippen LogP contribution in [0.5, 0.6) is 0 Å². The molecule has 0 aliphatic carbocycles. The van der Waals surface area contributed by atoms with Gasteiger partial charge in [-0.3, -0.25) is 9.69 Å². The van der Waals surface area contributed by atoms with Crippen LogP contribution in [0.15, 0.2) is 35.9 Å². The second-order valence-electron chi connectivity index (χ2n) is 7.48. The summed E-state index contributed by atoms with van der Waals surface area (Å²) in [7, 11) is 2.21. The lowest BCUT2D eigenvalue weighted by Crippen LogP contribution is -2.33. The summed E-state index contributed by atoms with van der Waals surface area (Å²) >= 11 is 0. The van der Waals surface area contributed by atoms with Crippen LogP contribution in [0.3, 0.4) is 0 Å². The monoisotopic (exact) mass is 352 g/mol. The van der Waals surface area contributed by atoms with E-state index in [4.69, 9.17) is 4.74 Å². The van der Waals surface area contributed by atoms with E-state index in [1.54, 1.807) is 0 Å². The number of ether oxygens (including phenoxy) is 1. The van der Waals surface area contributed by atoms with Crippen LogP contribution >= 0.6 is 0 Å². The zero-order chi connectivity index (χ0) is 18.3. The van der Waals surface area contributed by atoms with Crippen molar-refractivity contribution in [3.05, 3.63) is 47.2 Å². The largest absolute Gasteiger partial charge is 0.358 e. The summed E-state index contributed by atoms with van der Waals surface area (Å²) in [6, 6.07) is 9.04. The van der Waals surface area contributed by atoms with Gasteiger partial charge in [-0.2, -0.15) is 0 Å². The Labute approximate surface area is 155 Å². The number of aromatic nitrogens is 1. The Bertz CT molecular complexity index is 851. The maximum Gasteiger partial charge on any atom is 0.145 e. The normalized spacial score (nSPS) is 26.6. The zero-order valence-corrected chi connectivity index (χ0v) is 15.9. The molecule has 0 amide bonds. The number of benzene rings is 1. The van der Waals surface area contributed by atoms with Crippen molar-refractivity contribution < 1.29 is 9.53 Å². The molecule has 2 aromatic rings. The van der Waals surface area contributed by atoms with E-state index < -0.39 is 0 Å². The third kappa shape index (κ3) is 2.63. The predicted molar refractivity (Wildman–Crippen MR) is 104 cm³/mol. The second-order valence-corrected chi connectivity index (χ2v) is 7.48. The Kier molecular flexibility index (Phi) is 4.72. The second kappa shape index (κ2) is 7.01. The highest BCUT2D eigenvalue weighted by molar-refractivity contribution is 5.86. The molecule has 0 radical (unpaired) electrons. The van der Waals surface area contributed by atoms with Gasteiger partial charge in [-0.05, 0) is 63.3 Å². The number of nitrogens with zero attached hydrogens (tertiary/aromatic N) is 2. The number of allylic oxidation sites excluding steroid dienone is 2. The molecular formula is C22H28N2O2. The predicted octanol–water partition coefficient (Wildman–Crippen LogP) is 4.26. The van der Waals surface area contributed by atoms with E-state index >= 15 is 0 Å². The Morgan fingerprint density at radius 2 is 2.12 bits per heavy atom. The molecule has 0 bridgehead atoms. The molecule has 0 spiro atoms. The summed E-state index contributed by atoms with van der Waals surface area (Å²) in [6.07, 6.45) is 5.89.